The molecular formula is C23H19F6NO5S. The number of nitrogens with zero attached hydrogens (tertiary/aromatic N) is 1. The van der Waals surface area contributed by atoms with Crippen LogP contribution in [-0.2, 0) is 26.7 Å². The number of carbonyl (C=O) groups is 2. The third-order valence-electron chi connectivity index (χ3n) is 4.91. The van der Waals surface area contributed by atoms with E-state index < -0.39 is 52.4 Å². The number of ether oxygens (including phenoxy) is 2. The summed E-state index contributed by atoms with van der Waals surface area (Å²) in [5, 5.41) is 8.79. The first-order valence-corrected chi connectivity index (χ1v) is 11.2. The fraction of sp³-hybridized carbons (Fsp3) is 0.304. The van der Waals surface area contributed by atoms with E-state index in [0.717, 1.165) is 18.2 Å². The predicted molar refractivity (Wildman–Crippen MR) is 117 cm³/mol. The van der Waals surface area contributed by atoms with E-state index in [9.17, 15) is 35.9 Å². The third-order valence-corrected chi connectivity index (χ3v) is 6.03. The molecule has 13 heteroatoms. The summed E-state index contributed by atoms with van der Waals surface area (Å²) in [6, 6.07) is 7.16. The molecule has 0 aromatic heterocycles. The van der Waals surface area contributed by atoms with Crippen LogP contribution in [0.3, 0.4) is 0 Å². The van der Waals surface area contributed by atoms with Crippen molar-refractivity contribution in [2.24, 2.45) is 0 Å². The molecule has 0 spiro atoms. The van der Waals surface area contributed by atoms with Crippen LogP contribution in [0.5, 0.6) is 5.75 Å². The van der Waals surface area contributed by atoms with Gasteiger partial charge in [0.25, 0.3) is 0 Å². The van der Waals surface area contributed by atoms with Crippen molar-refractivity contribution in [2.75, 3.05) is 32.9 Å². The van der Waals surface area contributed by atoms with E-state index in [-0.39, 0.29) is 36.9 Å². The highest BCUT2D eigenvalue weighted by Gasteiger charge is 2.46. The molecule has 1 heterocycles. The average Bonchev–Trinajstić information content (AvgIpc) is 2.81. The van der Waals surface area contributed by atoms with Gasteiger partial charge >= 0.3 is 18.3 Å². The van der Waals surface area contributed by atoms with Crippen LogP contribution in [0.1, 0.15) is 16.7 Å². The fourth-order valence-electron chi connectivity index (χ4n) is 3.37. The van der Waals surface area contributed by atoms with Crippen molar-refractivity contribution >= 4 is 29.7 Å². The van der Waals surface area contributed by atoms with Crippen LogP contribution in [0.2, 0.25) is 0 Å². The predicted octanol–water partition coefficient (Wildman–Crippen LogP) is 5.21. The Morgan fingerprint density at radius 1 is 0.972 bits per heavy atom. The molecule has 0 aliphatic carbocycles. The Kier molecular flexibility index (Phi) is 8.56. The van der Waals surface area contributed by atoms with Gasteiger partial charge in [0.1, 0.15) is 5.75 Å². The lowest BCUT2D eigenvalue weighted by atomic mass is 9.99. The Morgan fingerprint density at radius 2 is 1.61 bits per heavy atom. The summed E-state index contributed by atoms with van der Waals surface area (Å²) >= 11 is 0.354. The molecule has 1 amide bonds. The minimum atomic E-state index is -5.40. The van der Waals surface area contributed by atoms with E-state index in [1.54, 1.807) is 0 Å². The second kappa shape index (κ2) is 11.2. The quantitative estimate of drug-likeness (QED) is 0.388. The van der Waals surface area contributed by atoms with Crippen molar-refractivity contribution in [3.63, 3.8) is 0 Å². The summed E-state index contributed by atoms with van der Waals surface area (Å²) in [6.45, 7) is 0.118. The molecule has 1 aliphatic heterocycles. The standard InChI is InChI=1S/C23H19F6NO5S/c24-22(25,26)20-14(6-8-18(31)30-9-11-34-12-10-30)5-7-17(21(20)23(27,28)29)36-16-4-2-1-3-15(16)35-13-19(32)33/h1-8H,9-13H2,(H,32,33). The molecule has 0 radical (unpaired) electrons. The van der Waals surface area contributed by atoms with Crippen LogP contribution in [-0.4, -0.2) is 54.8 Å². The third kappa shape index (κ3) is 6.94. The maximum atomic E-state index is 14.0. The van der Waals surface area contributed by atoms with Gasteiger partial charge in [-0.15, -0.1) is 0 Å². The van der Waals surface area contributed by atoms with Crippen molar-refractivity contribution in [3.05, 3.63) is 59.2 Å². The molecule has 1 saturated heterocycles. The number of halogens is 6. The first-order valence-electron chi connectivity index (χ1n) is 10.4. The summed E-state index contributed by atoms with van der Waals surface area (Å²) in [4.78, 5) is 23.6. The van der Waals surface area contributed by atoms with E-state index in [0.29, 0.717) is 17.8 Å². The van der Waals surface area contributed by atoms with E-state index in [1.807, 2.05) is 0 Å². The minimum Gasteiger partial charge on any atom is -0.481 e. The number of carbonyl (C=O) groups excluding carboxylic acids is 1. The van der Waals surface area contributed by atoms with E-state index in [2.05, 4.69) is 0 Å². The lowest BCUT2D eigenvalue weighted by Gasteiger charge is -2.25. The average molecular weight is 535 g/mol. The van der Waals surface area contributed by atoms with Crippen LogP contribution in [0.4, 0.5) is 26.3 Å². The Morgan fingerprint density at radius 3 is 2.22 bits per heavy atom. The van der Waals surface area contributed by atoms with Crippen LogP contribution >= 0.6 is 11.8 Å². The Hall–Kier alpha value is -3.19. The Labute approximate surface area is 205 Å². The molecule has 0 bridgehead atoms. The van der Waals surface area contributed by atoms with Gasteiger partial charge in [-0.2, -0.15) is 26.3 Å². The molecule has 0 saturated carbocycles. The van der Waals surface area contributed by atoms with Gasteiger partial charge in [0.05, 0.1) is 29.2 Å². The zero-order valence-corrected chi connectivity index (χ0v) is 19.2. The van der Waals surface area contributed by atoms with Gasteiger partial charge in [0.15, 0.2) is 6.61 Å². The van der Waals surface area contributed by atoms with Gasteiger partial charge in [-0.05, 0) is 29.8 Å². The number of para-hydroxylation sites is 1. The van der Waals surface area contributed by atoms with Crippen LogP contribution < -0.4 is 4.74 Å². The van der Waals surface area contributed by atoms with Crippen molar-refractivity contribution in [1.29, 1.82) is 0 Å². The topological polar surface area (TPSA) is 76.1 Å². The molecule has 194 valence electrons. The molecular weight excluding hydrogens is 516 g/mol. The first-order chi connectivity index (χ1) is 16.9. The van der Waals surface area contributed by atoms with Gasteiger partial charge < -0.3 is 19.5 Å². The fourth-order valence-corrected chi connectivity index (χ4v) is 4.44. The van der Waals surface area contributed by atoms with Crippen molar-refractivity contribution in [2.45, 2.75) is 22.1 Å². The summed E-state index contributed by atoms with van der Waals surface area (Å²) in [7, 11) is 0. The largest absolute Gasteiger partial charge is 0.481 e. The molecule has 1 fully saturated rings. The van der Waals surface area contributed by atoms with Crippen molar-refractivity contribution < 1.29 is 50.5 Å². The lowest BCUT2D eigenvalue weighted by molar-refractivity contribution is -0.163. The normalized spacial score (nSPS) is 14.8. The maximum absolute atomic E-state index is 14.0. The van der Waals surface area contributed by atoms with Crippen molar-refractivity contribution in [1.82, 2.24) is 4.90 Å². The molecule has 0 atom stereocenters. The highest BCUT2D eigenvalue weighted by molar-refractivity contribution is 7.99. The van der Waals surface area contributed by atoms with Gasteiger partial charge in [-0.3, -0.25) is 4.79 Å². The van der Waals surface area contributed by atoms with Crippen molar-refractivity contribution in [3.8, 4) is 5.75 Å². The summed E-state index contributed by atoms with van der Waals surface area (Å²) in [6.07, 6.45) is -9.28. The summed E-state index contributed by atoms with van der Waals surface area (Å²) in [5.74, 6) is -2.09. The smallest absolute Gasteiger partial charge is 0.418 e. The number of benzene rings is 2. The summed E-state index contributed by atoms with van der Waals surface area (Å²) < 4.78 is 94.2. The number of hydrogen-bond acceptors (Lipinski definition) is 5. The minimum absolute atomic E-state index is 0.0110. The molecule has 3 rings (SSSR count). The second-order valence-electron chi connectivity index (χ2n) is 7.40. The zero-order valence-electron chi connectivity index (χ0n) is 18.4. The number of amides is 1. The Balaban J connectivity index is 2.05. The lowest BCUT2D eigenvalue weighted by Crippen LogP contribution is -2.39. The Bertz CT molecular complexity index is 1140. The number of aliphatic carboxylic acids is 1. The second-order valence-corrected chi connectivity index (χ2v) is 8.48. The number of alkyl halides is 6. The monoisotopic (exact) mass is 535 g/mol. The number of carboxylic acid groups (broad SMARTS) is 1. The van der Waals surface area contributed by atoms with Gasteiger partial charge in [0, 0.05) is 24.1 Å². The van der Waals surface area contributed by atoms with Gasteiger partial charge in [0.2, 0.25) is 5.91 Å². The van der Waals surface area contributed by atoms with Crippen LogP contribution in [0, 0.1) is 0 Å². The number of carboxylic acids is 1. The van der Waals surface area contributed by atoms with E-state index >= 15 is 0 Å². The molecule has 2 aromatic rings. The van der Waals surface area contributed by atoms with E-state index in [1.165, 1.54) is 29.2 Å². The van der Waals surface area contributed by atoms with Gasteiger partial charge in [-0.1, -0.05) is 30.0 Å². The number of morpholine rings is 1. The van der Waals surface area contributed by atoms with E-state index in [4.69, 9.17) is 14.6 Å². The number of rotatable bonds is 7. The number of hydrogen-bond donors (Lipinski definition) is 1. The molecule has 0 unspecified atom stereocenters. The highest BCUT2D eigenvalue weighted by atomic mass is 32.2. The summed E-state index contributed by atoms with van der Waals surface area (Å²) in [5.41, 5.74) is -4.68. The molecule has 36 heavy (non-hydrogen) atoms. The zero-order chi connectivity index (χ0) is 26.5. The van der Waals surface area contributed by atoms with Gasteiger partial charge in [-0.25, -0.2) is 4.79 Å². The maximum Gasteiger partial charge on any atom is 0.418 e. The first kappa shape index (κ1) is 27.4. The van der Waals surface area contributed by atoms with Crippen LogP contribution in [0.15, 0.2) is 52.3 Å². The molecule has 1 aliphatic rings. The highest BCUT2D eigenvalue weighted by Crippen LogP contribution is 2.49. The molecule has 6 nitrogen and oxygen atoms in total. The van der Waals surface area contributed by atoms with Crippen LogP contribution in [0.25, 0.3) is 6.08 Å². The molecule has 1 N–H and O–H groups in total. The SMILES string of the molecule is O=C(O)COc1ccccc1Sc1ccc(C=CC(=O)N2CCOCC2)c(C(F)(F)F)c1C(F)(F)F. The molecule has 2 aromatic carbocycles.